The number of aryl methyl sites for hydroxylation is 3. The van der Waals surface area contributed by atoms with Gasteiger partial charge in [-0.2, -0.15) is 5.10 Å². The lowest BCUT2D eigenvalue weighted by Gasteiger charge is -2.17. The highest BCUT2D eigenvalue weighted by atomic mass is 16.4. The molecule has 8 heteroatoms. The summed E-state index contributed by atoms with van der Waals surface area (Å²) in [4.78, 5) is 29.2. The summed E-state index contributed by atoms with van der Waals surface area (Å²) in [5, 5.41) is 20.6. The molecule has 2 aromatic heterocycles. The third-order valence-electron chi connectivity index (χ3n) is 6.52. The minimum atomic E-state index is -1.00. The number of nitrogens with one attached hydrogen (secondary N) is 2. The molecule has 0 fully saturated rings. The van der Waals surface area contributed by atoms with E-state index in [0.29, 0.717) is 12.0 Å². The van der Waals surface area contributed by atoms with E-state index in [1.54, 1.807) is 23.0 Å². The van der Waals surface area contributed by atoms with Crippen molar-refractivity contribution in [1.29, 1.82) is 0 Å². The van der Waals surface area contributed by atoms with Crippen molar-refractivity contribution in [2.24, 2.45) is 7.05 Å². The van der Waals surface area contributed by atoms with Crippen LogP contribution in [0.2, 0.25) is 0 Å². The number of benzene rings is 1. The largest absolute Gasteiger partial charge is 0.480 e. The van der Waals surface area contributed by atoms with Gasteiger partial charge in [0.15, 0.2) is 0 Å². The minimum Gasteiger partial charge on any atom is -0.480 e. The highest BCUT2D eigenvalue weighted by Gasteiger charge is 2.21. The normalized spacial score (nSPS) is 13.8. The van der Waals surface area contributed by atoms with E-state index < -0.39 is 12.0 Å². The van der Waals surface area contributed by atoms with E-state index in [9.17, 15) is 14.7 Å². The van der Waals surface area contributed by atoms with Crippen LogP contribution in [0.1, 0.15) is 66.6 Å². The van der Waals surface area contributed by atoms with E-state index in [0.717, 1.165) is 73.9 Å². The van der Waals surface area contributed by atoms with Crippen molar-refractivity contribution in [3.8, 4) is 0 Å². The van der Waals surface area contributed by atoms with Gasteiger partial charge in [-0.05, 0) is 55.9 Å². The van der Waals surface area contributed by atoms with Crippen LogP contribution in [-0.4, -0.2) is 44.3 Å². The number of hydrogen-bond donors (Lipinski definition) is 3. The average molecular weight is 464 g/mol. The highest BCUT2D eigenvalue weighted by molar-refractivity contribution is 6.07. The van der Waals surface area contributed by atoms with Gasteiger partial charge in [-0.3, -0.25) is 9.48 Å². The molecule has 3 aromatic rings. The van der Waals surface area contributed by atoms with Crippen molar-refractivity contribution in [1.82, 2.24) is 20.1 Å². The van der Waals surface area contributed by atoms with E-state index >= 15 is 0 Å². The molecule has 1 amide bonds. The lowest BCUT2D eigenvalue weighted by molar-refractivity contribution is -0.139. The number of carboxylic acid groups (broad SMARTS) is 1. The third kappa shape index (κ3) is 5.73. The molecule has 4 rings (SSSR count). The van der Waals surface area contributed by atoms with Gasteiger partial charge < -0.3 is 15.7 Å². The van der Waals surface area contributed by atoms with E-state index in [4.69, 9.17) is 4.98 Å². The summed E-state index contributed by atoms with van der Waals surface area (Å²) in [7, 11) is 1.81. The van der Waals surface area contributed by atoms with Gasteiger partial charge in [0.1, 0.15) is 11.9 Å². The second-order valence-corrected chi connectivity index (χ2v) is 9.02. The van der Waals surface area contributed by atoms with Crippen LogP contribution in [0.5, 0.6) is 0 Å². The van der Waals surface area contributed by atoms with Gasteiger partial charge in [0.2, 0.25) is 0 Å². The maximum atomic E-state index is 12.8. The fourth-order valence-electron chi connectivity index (χ4n) is 4.56. The molecule has 0 bridgehead atoms. The number of carboxylic acids is 1. The SMILES string of the molecule is Cn1ncc2c(C(=O)NC(CCCCCCCc3ccc4c(n3)NCCC4)C(=O)O)cccc21. The maximum Gasteiger partial charge on any atom is 0.326 e. The first-order valence-corrected chi connectivity index (χ1v) is 12.2. The fraction of sp³-hybridized carbons (Fsp3) is 0.462. The molecule has 34 heavy (non-hydrogen) atoms. The number of anilines is 1. The first-order valence-electron chi connectivity index (χ1n) is 12.2. The Kier molecular flexibility index (Phi) is 7.77. The van der Waals surface area contributed by atoms with Crippen LogP contribution >= 0.6 is 0 Å². The zero-order valence-corrected chi connectivity index (χ0v) is 19.7. The van der Waals surface area contributed by atoms with Crippen LogP contribution in [0.25, 0.3) is 10.9 Å². The number of aromatic nitrogens is 3. The second-order valence-electron chi connectivity index (χ2n) is 9.02. The number of carbonyl (C=O) groups is 2. The molecule has 1 atom stereocenters. The summed E-state index contributed by atoms with van der Waals surface area (Å²) in [6.45, 7) is 1.00. The predicted molar refractivity (Wildman–Crippen MR) is 132 cm³/mol. The zero-order valence-electron chi connectivity index (χ0n) is 19.7. The molecule has 0 aliphatic carbocycles. The first-order chi connectivity index (χ1) is 16.5. The van der Waals surface area contributed by atoms with Crippen molar-refractivity contribution in [3.63, 3.8) is 0 Å². The number of carbonyl (C=O) groups excluding carboxylic acids is 1. The first kappa shape index (κ1) is 23.7. The molecular formula is C26H33N5O3. The summed E-state index contributed by atoms with van der Waals surface area (Å²) in [5.74, 6) is -0.331. The summed E-state index contributed by atoms with van der Waals surface area (Å²) in [6, 6.07) is 8.80. The number of rotatable bonds is 11. The number of fused-ring (bicyclic) bond motifs is 2. The Hall–Kier alpha value is -3.42. The van der Waals surface area contributed by atoms with Crippen LogP contribution in [0, 0.1) is 0 Å². The molecule has 0 saturated carbocycles. The van der Waals surface area contributed by atoms with Crippen molar-refractivity contribution < 1.29 is 14.7 Å². The van der Waals surface area contributed by atoms with Crippen LogP contribution in [0.3, 0.4) is 0 Å². The number of aliphatic carboxylic acids is 1. The Morgan fingerprint density at radius 1 is 1.15 bits per heavy atom. The predicted octanol–water partition coefficient (Wildman–Crippen LogP) is 4.09. The Balaban J connectivity index is 1.18. The molecule has 180 valence electrons. The molecule has 1 aliphatic heterocycles. The smallest absolute Gasteiger partial charge is 0.326 e. The van der Waals surface area contributed by atoms with Crippen LogP contribution < -0.4 is 10.6 Å². The quantitative estimate of drug-likeness (QED) is 0.370. The number of nitrogens with zero attached hydrogens (tertiary/aromatic N) is 3. The van der Waals surface area contributed by atoms with Crippen LogP contribution in [0.4, 0.5) is 5.82 Å². The number of pyridine rings is 1. The molecule has 1 aromatic carbocycles. The molecule has 3 heterocycles. The third-order valence-corrected chi connectivity index (χ3v) is 6.52. The molecule has 1 aliphatic rings. The molecule has 0 saturated heterocycles. The lowest BCUT2D eigenvalue weighted by Crippen LogP contribution is -2.40. The number of hydrogen-bond acceptors (Lipinski definition) is 5. The Labute approximate surface area is 199 Å². The van der Waals surface area contributed by atoms with Crippen molar-refractivity contribution >= 4 is 28.6 Å². The van der Waals surface area contributed by atoms with E-state index in [-0.39, 0.29) is 5.91 Å². The summed E-state index contributed by atoms with van der Waals surface area (Å²) >= 11 is 0. The van der Waals surface area contributed by atoms with Crippen LogP contribution in [-0.2, 0) is 24.7 Å². The van der Waals surface area contributed by atoms with Crippen molar-refractivity contribution in [2.75, 3.05) is 11.9 Å². The highest BCUT2D eigenvalue weighted by Crippen LogP contribution is 2.21. The summed E-state index contributed by atoms with van der Waals surface area (Å²) < 4.78 is 1.69. The average Bonchev–Trinajstić information content (AvgIpc) is 3.23. The zero-order chi connectivity index (χ0) is 23.9. The summed E-state index contributed by atoms with van der Waals surface area (Å²) in [6.07, 6.45) is 10.2. The summed E-state index contributed by atoms with van der Waals surface area (Å²) in [5.41, 5.74) is 3.72. The van der Waals surface area contributed by atoms with Gasteiger partial charge >= 0.3 is 5.97 Å². The van der Waals surface area contributed by atoms with Gasteiger partial charge in [0.05, 0.1) is 17.3 Å². The van der Waals surface area contributed by atoms with Gasteiger partial charge in [0, 0.05) is 24.7 Å². The second kappa shape index (κ2) is 11.1. The molecule has 1 unspecified atom stereocenters. The Bertz CT molecular complexity index is 1160. The number of unbranched alkanes of at least 4 members (excludes halogenated alkanes) is 4. The topological polar surface area (TPSA) is 109 Å². The van der Waals surface area contributed by atoms with Gasteiger partial charge in [0.25, 0.3) is 5.91 Å². The maximum absolute atomic E-state index is 12.8. The molecular weight excluding hydrogens is 430 g/mol. The lowest BCUT2D eigenvalue weighted by atomic mass is 10.0. The molecule has 0 radical (unpaired) electrons. The number of amides is 1. The molecule has 8 nitrogen and oxygen atoms in total. The minimum absolute atomic E-state index is 0.377. The fourth-order valence-corrected chi connectivity index (χ4v) is 4.56. The Morgan fingerprint density at radius 3 is 2.82 bits per heavy atom. The van der Waals surface area contributed by atoms with E-state index in [1.165, 1.54) is 12.0 Å². The van der Waals surface area contributed by atoms with Crippen molar-refractivity contribution in [2.45, 2.75) is 63.8 Å². The Morgan fingerprint density at radius 2 is 1.97 bits per heavy atom. The van der Waals surface area contributed by atoms with Gasteiger partial charge in [-0.1, -0.05) is 37.8 Å². The van der Waals surface area contributed by atoms with Gasteiger partial charge in [-0.25, -0.2) is 9.78 Å². The van der Waals surface area contributed by atoms with Gasteiger partial charge in [-0.15, -0.1) is 0 Å². The molecule has 3 N–H and O–H groups in total. The monoisotopic (exact) mass is 463 g/mol. The van der Waals surface area contributed by atoms with E-state index in [1.807, 2.05) is 13.1 Å². The van der Waals surface area contributed by atoms with Crippen LogP contribution in [0.15, 0.2) is 36.5 Å². The standard InChI is InChI=1S/C26H33N5O3/c1-31-23-13-7-11-20(21(23)17-28-31)25(32)30-22(26(33)34)12-6-4-2-3-5-10-19-15-14-18-9-8-16-27-24(18)29-19/h7,11,13-15,17,22H,2-6,8-10,12,16H2,1H3,(H,27,29)(H,30,32)(H,33,34). The van der Waals surface area contributed by atoms with E-state index in [2.05, 4.69) is 27.9 Å². The molecule has 0 spiro atoms. The van der Waals surface area contributed by atoms with Crippen molar-refractivity contribution in [3.05, 3.63) is 53.3 Å².